The van der Waals surface area contributed by atoms with Gasteiger partial charge in [0.05, 0.1) is 12.2 Å². The van der Waals surface area contributed by atoms with Crippen molar-refractivity contribution in [1.29, 1.82) is 0 Å². The molecule has 0 fully saturated rings. The van der Waals surface area contributed by atoms with Crippen molar-refractivity contribution < 1.29 is 4.39 Å². The zero-order chi connectivity index (χ0) is 9.68. The lowest BCUT2D eigenvalue weighted by molar-refractivity contribution is 0.543. The fourth-order valence-electron chi connectivity index (χ4n) is 1.06. The van der Waals surface area contributed by atoms with Crippen LogP contribution in [0.25, 0.3) is 0 Å². The average Bonchev–Trinajstić information content (AvgIpc) is 2.16. The van der Waals surface area contributed by atoms with E-state index in [9.17, 15) is 4.39 Å². The number of nitrogens with two attached hydrogens (primary N) is 1. The molecule has 0 aliphatic carbocycles. The van der Waals surface area contributed by atoms with Gasteiger partial charge in [-0.3, -0.25) is 16.3 Å². The summed E-state index contributed by atoms with van der Waals surface area (Å²) in [7, 11) is 0. The number of halogens is 1. The summed E-state index contributed by atoms with van der Waals surface area (Å²) in [5, 5.41) is 0. The molecule has 0 aliphatic heterocycles. The normalized spacial score (nSPS) is 12.8. The van der Waals surface area contributed by atoms with E-state index in [4.69, 9.17) is 5.84 Å². The Kier molecular flexibility index (Phi) is 4.14. The molecule has 1 aromatic rings. The van der Waals surface area contributed by atoms with Gasteiger partial charge in [-0.05, 0) is 12.3 Å². The molecule has 1 rings (SSSR count). The maximum atomic E-state index is 13.2. The van der Waals surface area contributed by atoms with Gasteiger partial charge in [-0.15, -0.1) is 0 Å². The second-order valence-corrected chi connectivity index (χ2v) is 3.48. The number of hydrazine groups is 1. The quantitative estimate of drug-likeness (QED) is 0.565. The highest BCUT2D eigenvalue weighted by atomic mass is 32.2. The molecule has 0 radical (unpaired) electrons. The predicted octanol–water partition coefficient (Wildman–Crippen LogP) is 1.09. The van der Waals surface area contributed by atoms with Crippen LogP contribution >= 0.6 is 11.8 Å². The van der Waals surface area contributed by atoms with Gasteiger partial charge in [0.1, 0.15) is 5.82 Å². The van der Waals surface area contributed by atoms with Crippen LogP contribution in [0.4, 0.5) is 4.39 Å². The van der Waals surface area contributed by atoms with Crippen molar-refractivity contribution in [2.24, 2.45) is 5.84 Å². The summed E-state index contributed by atoms with van der Waals surface area (Å²) in [6.45, 7) is 0. The molecule has 1 atom stereocenters. The summed E-state index contributed by atoms with van der Waals surface area (Å²) in [5.74, 6) is 5.72. The topological polar surface area (TPSA) is 50.9 Å². The maximum absolute atomic E-state index is 13.2. The van der Waals surface area contributed by atoms with E-state index >= 15 is 0 Å². The first-order chi connectivity index (χ1) is 6.29. The molecule has 1 aromatic heterocycles. The fourth-order valence-corrected chi connectivity index (χ4v) is 1.67. The molecular weight excluding hydrogens is 189 g/mol. The van der Waals surface area contributed by atoms with Gasteiger partial charge < -0.3 is 0 Å². The zero-order valence-corrected chi connectivity index (χ0v) is 8.14. The number of nitrogens with zero attached hydrogens (tertiary/aromatic N) is 1. The first-order valence-corrected chi connectivity index (χ1v) is 5.23. The number of aromatic nitrogens is 1. The number of thioether (sulfide) groups is 1. The first-order valence-electron chi connectivity index (χ1n) is 3.84. The summed E-state index contributed by atoms with van der Waals surface area (Å²) < 4.78 is 13.2. The molecule has 3 N–H and O–H groups in total. The molecule has 3 nitrogen and oxygen atoms in total. The van der Waals surface area contributed by atoms with E-state index in [0.29, 0.717) is 5.56 Å². The van der Waals surface area contributed by atoms with Gasteiger partial charge in [0.2, 0.25) is 0 Å². The van der Waals surface area contributed by atoms with Crippen LogP contribution in [-0.2, 0) is 0 Å². The van der Waals surface area contributed by atoms with Crippen LogP contribution in [0.2, 0.25) is 0 Å². The Morgan fingerprint density at radius 1 is 1.77 bits per heavy atom. The van der Waals surface area contributed by atoms with E-state index in [1.165, 1.54) is 6.20 Å². The van der Waals surface area contributed by atoms with E-state index in [1.807, 2.05) is 6.26 Å². The van der Waals surface area contributed by atoms with Crippen molar-refractivity contribution in [2.45, 2.75) is 6.04 Å². The predicted molar refractivity (Wildman–Crippen MR) is 52.6 cm³/mol. The van der Waals surface area contributed by atoms with Crippen LogP contribution in [0, 0.1) is 5.82 Å². The third-order valence-corrected chi connectivity index (χ3v) is 2.38. The molecule has 1 heterocycles. The fraction of sp³-hybridized carbons (Fsp3) is 0.375. The second kappa shape index (κ2) is 5.16. The van der Waals surface area contributed by atoms with Gasteiger partial charge >= 0.3 is 0 Å². The van der Waals surface area contributed by atoms with Crippen LogP contribution in [0.3, 0.4) is 0 Å². The molecule has 5 heteroatoms. The molecular formula is C8H12FN3S. The third kappa shape index (κ3) is 2.65. The SMILES string of the molecule is CSCC(NN)c1ccncc1F. The van der Waals surface area contributed by atoms with Crippen molar-refractivity contribution in [3.05, 3.63) is 29.8 Å². The van der Waals surface area contributed by atoms with E-state index in [2.05, 4.69) is 10.4 Å². The van der Waals surface area contributed by atoms with Crippen molar-refractivity contribution in [2.75, 3.05) is 12.0 Å². The highest BCUT2D eigenvalue weighted by Crippen LogP contribution is 2.18. The lowest BCUT2D eigenvalue weighted by Crippen LogP contribution is -2.30. The molecule has 0 aromatic carbocycles. The lowest BCUT2D eigenvalue weighted by atomic mass is 10.1. The molecule has 13 heavy (non-hydrogen) atoms. The molecule has 0 aliphatic rings. The minimum Gasteiger partial charge on any atom is -0.271 e. The van der Waals surface area contributed by atoms with E-state index < -0.39 is 0 Å². The van der Waals surface area contributed by atoms with Crippen LogP contribution in [-0.4, -0.2) is 17.0 Å². The average molecular weight is 201 g/mol. The van der Waals surface area contributed by atoms with Gasteiger partial charge in [-0.2, -0.15) is 11.8 Å². The van der Waals surface area contributed by atoms with E-state index in [1.54, 1.807) is 24.0 Å². The van der Waals surface area contributed by atoms with Crippen LogP contribution < -0.4 is 11.3 Å². The Morgan fingerprint density at radius 3 is 3.08 bits per heavy atom. The van der Waals surface area contributed by atoms with Crippen LogP contribution in [0.1, 0.15) is 11.6 Å². The standard InChI is InChI=1S/C8H12FN3S/c1-13-5-8(12-10)6-2-3-11-4-7(6)9/h2-4,8,12H,5,10H2,1H3. The zero-order valence-electron chi connectivity index (χ0n) is 7.33. The molecule has 0 amide bonds. The largest absolute Gasteiger partial charge is 0.271 e. The van der Waals surface area contributed by atoms with Gasteiger partial charge in [-0.25, -0.2) is 4.39 Å². The number of pyridine rings is 1. The molecule has 0 saturated heterocycles. The monoisotopic (exact) mass is 201 g/mol. The Balaban J connectivity index is 2.84. The second-order valence-electron chi connectivity index (χ2n) is 2.57. The van der Waals surface area contributed by atoms with Gasteiger partial charge in [0.15, 0.2) is 0 Å². The van der Waals surface area contributed by atoms with E-state index in [0.717, 1.165) is 5.75 Å². The third-order valence-electron chi connectivity index (χ3n) is 1.71. The highest BCUT2D eigenvalue weighted by Gasteiger charge is 2.12. The molecule has 0 spiro atoms. The summed E-state index contributed by atoms with van der Waals surface area (Å²) in [6.07, 6.45) is 4.70. The first kappa shape index (κ1) is 10.4. The van der Waals surface area contributed by atoms with Crippen LogP contribution in [0.15, 0.2) is 18.5 Å². The summed E-state index contributed by atoms with van der Waals surface area (Å²) in [4.78, 5) is 3.67. The lowest BCUT2D eigenvalue weighted by Gasteiger charge is -2.14. The van der Waals surface area contributed by atoms with Gasteiger partial charge in [0.25, 0.3) is 0 Å². The Labute approximate surface area is 80.9 Å². The van der Waals surface area contributed by atoms with Crippen LogP contribution in [0.5, 0.6) is 0 Å². The maximum Gasteiger partial charge on any atom is 0.146 e. The van der Waals surface area contributed by atoms with E-state index in [-0.39, 0.29) is 11.9 Å². The Bertz CT molecular complexity index is 269. The number of nitrogens with one attached hydrogen (secondary N) is 1. The smallest absolute Gasteiger partial charge is 0.146 e. The minimum atomic E-state index is -0.320. The molecule has 72 valence electrons. The number of hydrogen-bond acceptors (Lipinski definition) is 4. The molecule has 0 bridgehead atoms. The molecule has 0 saturated carbocycles. The van der Waals surface area contributed by atoms with Crippen molar-refractivity contribution in [3.8, 4) is 0 Å². The Morgan fingerprint density at radius 2 is 2.54 bits per heavy atom. The Hall–Kier alpha value is -0.650. The van der Waals surface area contributed by atoms with Gasteiger partial charge in [0, 0.05) is 17.5 Å². The molecule has 1 unspecified atom stereocenters. The minimum absolute atomic E-state index is 0.155. The number of hydrogen-bond donors (Lipinski definition) is 2. The summed E-state index contributed by atoms with van der Waals surface area (Å²) >= 11 is 1.61. The van der Waals surface area contributed by atoms with Crippen molar-refractivity contribution >= 4 is 11.8 Å². The summed E-state index contributed by atoms with van der Waals surface area (Å²) in [6, 6.07) is 1.48. The van der Waals surface area contributed by atoms with Crippen molar-refractivity contribution in [1.82, 2.24) is 10.4 Å². The summed E-state index contributed by atoms with van der Waals surface area (Å²) in [5.41, 5.74) is 3.13. The highest BCUT2D eigenvalue weighted by molar-refractivity contribution is 7.98. The van der Waals surface area contributed by atoms with Gasteiger partial charge in [-0.1, -0.05) is 0 Å². The number of rotatable bonds is 4. The van der Waals surface area contributed by atoms with Crippen molar-refractivity contribution in [3.63, 3.8) is 0 Å².